The largest absolute Gasteiger partial charge is 0.479 e. The predicted octanol–water partition coefficient (Wildman–Crippen LogP) is 4.28. The molecule has 1 fully saturated rings. The zero-order chi connectivity index (χ0) is 23.7. The molecule has 0 saturated carbocycles. The molecule has 2 atom stereocenters. The van der Waals surface area contributed by atoms with Gasteiger partial charge < -0.3 is 24.6 Å². The van der Waals surface area contributed by atoms with Crippen LogP contribution in [0.5, 0.6) is 5.75 Å². The van der Waals surface area contributed by atoms with Gasteiger partial charge in [-0.3, -0.25) is 4.79 Å². The number of halogens is 1. The molecule has 9 heteroatoms. The summed E-state index contributed by atoms with van der Waals surface area (Å²) in [5.74, 6) is 1.47. The smallest absolute Gasteiger partial charge is 0.341 e. The molecular formula is C24H27ClN4O4. The number of rotatable bonds is 6. The maximum Gasteiger partial charge on any atom is 0.341 e. The fourth-order valence-electron chi connectivity index (χ4n) is 4.46. The number of hydrogen-bond donors (Lipinski definition) is 2. The molecule has 1 aromatic carbocycles. The summed E-state index contributed by atoms with van der Waals surface area (Å²) >= 11 is 6.44. The molecule has 1 saturated heterocycles. The quantitative estimate of drug-likeness (QED) is 0.555. The summed E-state index contributed by atoms with van der Waals surface area (Å²) in [4.78, 5) is 30.3. The number of nitrogens with zero attached hydrogens (tertiary/aromatic N) is 3. The Kier molecular flexibility index (Phi) is 6.47. The van der Waals surface area contributed by atoms with E-state index in [4.69, 9.17) is 26.4 Å². The van der Waals surface area contributed by atoms with Crippen molar-refractivity contribution in [1.82, 2.24) is 9.55 Å². The predicted molar refractivity (Wildman–Crippen MR) is 130 cm³/mol. The van der Waals surface area contributed by atoms with Crippen molar-refractivity contribution in [3.63, 3.8) is 0 Å². The number of benzene rings is 1. The van der Waals surface area contributed by atoms with Crippen LogP contribution >= 0.6 is 11.6 Å². The summed E-state index contributed by atoms with van der Waals surface area (Å²) < 4.78 is 6.60. The number of aromatic nitrogens is 2. The molecule has 0 aliphatic carbocycles. The topological polar surface area (TPSA) is 96.7 Å². The Labute approximate surface area is 196 Å². The number of hydrogen-bond acceptors (Lipinski definition) is 6. The van der Waals surface area contributed by atoms with Crippen molar-refractivity contribution in [3.05, 3.63) is 51.8 Å². The molecule has 2 unspecified atom stereocenters. The minimum atomic E-state index is -1.15. The van der Waals surface area contributed by atoms with Crippen LogP contribution in [0.4, 0.5) is 17.3 Å². The number of anilines is 3. The number of ether oxygens (including phenoxy) is 1. The van der Waals surface area contributed by atoms with Crippen LogP contribution in [-0.2, 0) is 11.8 Å². The van der Waals surface area contributed by atoms with Crippen LogP contribution < -0.4 is 20.5 Å². The van der Waals surface area contributed by atoms with Crippen molar-refractivity contribution < 1.29 is 14.6 Å². The van der Waals surface area contributed by atoms with Gasteiger partial charge in [-0.1, -0.05) is 25.4 Å². The zero-order valence-electron chi connectivity index (χ0n) is 18.8. The van der Waals surface area contributed by atoms with Gasteiger partial charge in [0.05, 0.1) is 10.5 Å². The maximum absolute atomic E-state index is 12.4. The molecule has 0 spiro atoms. The van der Waals surface area contributed by atoms with Crippen molar-refractivity contribution in [1.29, 1.82) is 0 Å². The highest BCUT2D eigenvalue weighted by atomic mass is 35.5. The van der Waals surface area contributed by atoms with Gasteiger partial charge in [0.15, 0.2) is 18.2 Å². The second-order valence-electron chi connectivity index (χ2n) is 8.80. The van der Waals surface area contributed by atoms with Crippen LogP contribution in [0.1, 0.15) is 20.3 Å². The molecule has 0 radical (unpaired) electrons. The van der Waals surface area contributed by atoms with Gasteiger partial charge in [-0.15, -0.1) is 0 Å². The van der Waals surface area contributed by atoms with E-state index in [1.807, 2.05) is 30.3 Å². The second-order valence-corrected chi connectivity index (χ2v) is 9.21. The first kappa shape index (κ1) is 22.9. The Hall–Kier alpha value is -3.26. The molecule has 1 aliphatic heterocycles. The Morgan fingerprint density at radius 3 is 2.64 bits per heavy atom. The number of aryl methyl sites for hydroxylation is 1. The molecule has 0 amide bonds. The van der Waals surface area contributed by atoms with E-state index in [2.05, 4.69) is 24.1 Å². The number of carboxylic acid groups (broad SMARTS) is 1. The number of aliphatic carboxylic acids is 1. The van der Waals surface area contributed by atoms with Gasteiger partial charge in [-0.2, -0.15) is 0 Å². The highest BCUT2D eigenvalue weighted by molar-refractivity contribution is 6.33. The lowest BCUT2D eigenvalue weighted by atomic mass is 9.92. The standard InChI is InChI=1S/C24H27ClN4O4/c1-14-8-15(2)12-29(11-14)21-7-5-18(25)23(27-21)26-17-4-6-19-16(9-17)10-20(24(32)28(19)3)33-13-22(30)31/h4-7,9-10,14-15H,8,11-13H2,1-3H3,(H,26,27)(H,30,31). The normalized spacial score (nSPS) is 18.4. The Bertz CT molecular complexity index is 1250. The van der Waals surface area contributed by atoms with Crippen LogP contribution in [0.15, 0.2) is 41.2 Å². The van der Waals surface area contributed by atoms with Gasteiger partial charge in [-0.25, -0.2) is 9.78 Å². The van der Waals surface area contributed by atoms with E-state index in [9.17, 15) is 9.59 Å². The molecule has 3 aromatic rings. The summed E-state index contributed by atoms with van der Waals surface area (Å²) in [5.41, 5.74) is 1.03. The van der Waals surface area contributed by atoms with Crippen LogP contribution in [0, 0.1) is 11.8 Å². The summed E-state index contributed by atoms with van der Waals surface area (Å²) in [7, 11) is 1.62. The highest BCUT2D eigenvalue weighted by Crippen LogP contribution is 2.31. The van der Waals surface area contributed by atoms with Gasteiger partial charge in [-0.05, 0) is 54.7 Å². The number of nitrogens with one attached hydrogen (secondary N) is 1. The van der Waals surface area contributed by atoms with Crippen molar-refractivity contribution in [2.24, 2.45) is 18.9 Å². The average Bonchev–Trinajstić information content (AvgIpc) is 2.76. The van der Waals surface area contributed by atoms with Crippen LogP contribution in [0.2, 0.25) is 5.02 Å². The highest BCUT2D eigenvalue weighted by Gasteiger charge is 2.23. The minimum absolute atomic E-state index is 0.0176. The van der Waals surface area contributed by atoms with E-state index in [1.165, 1.54) is 11.0 Å². The van der Waals surface area contributed by atoms with Crippen molar-refractivity contribution in [2.75, 3.05) is 29.9 Å². The van der Waals surface area contributed by atoms with Crippen LogP contribution in [-0.4, -0.2) is 40.3 Å². The number of carboxylic acids is 1. The molecule has 174 valence electrons. The third-order valence-electron chi connectivity index (χ3n) is 5.83. The zero-order valence-corrected chi connectivity index (χ0v) is 19.6. The third kappa shape index (κ3) is 5.06. The SMILES string of the molecule is CC1CC(C)CN(c2ccc(Cl)c(Nc3ccc4c(c3)cc(OCC(=O)O)c(=O)n4C)n2)C1. The molecule has 0 bridgehead atoms. The third-order valence-corrected chi connectivity index (χ3v) is 6.13. The summed E-state index contributed by atoms with van der Waals surface area (Å²) in [5, 5.41) is 13.4. The fraction of sp³-hybridized carbons (Fsp3) is 0.375. The fourth-order valence-corrected chi connectivity index (χ4v) is 4.61. The van der Waals surface area contributed by atoms with E-state index >= 15 is 0 Å². The number of carbonyl (C=O) groups is 1. The molecular weight excluding hydrogens is 444 g/mol. The van der Waals surface area contributed by atoms with Gasteiger partial charge in [0.25, 0.3) is 5.56 Å². The maximum atomic E-state index is 12.4. The lowest BCUT2D eigenvalue weighted by Gasteiger charge is -2.36. The Morgan fingerprint density at radius 1 is 1.21 bits per heavy atom. The van der Waals surface area contributed by atoms with E-state index in [0.717, 1.165) is 24.6 Å². The molecule has 2 N–H and O–H groups in total. The van der Waals surface area contributed by atoms with E-state index in [-0.39, 0.29) is 5.75 Å². The lowest BCUT2D eigenvalue weighted by molar-refractivity contribution is -0.139. The Balaban J connectivity index is 1.64. The summed E-state index contributed by atoms with van der Waals surface area (Å²) in [6.07, 6.45) is 1.22. The molecule has 2 aromatic heterocycles. The summed E-state index contributed by atoms with van der Waals surface area (Å²) in [6, 6.07) is 10.8. The van der Waals surface area contributed by atoms with Crippen LogP contribution in [0.3, 0.4) is 0 Å². The first-order valence-electron chi connectivity index (χ1n) is 10.9. The van der Waals surface area contributed by atoms with Crippen molar-refractivity contribution >= 4 is 45.8 Å². The van der Waals surface area contributed by atoms with Gasteiger partial charge in [0, 0.05) is 31.2 Å². The number of pyridine rings is 2. The average molecular weight is 471 g/mol. The lowest BCUT2D eigenvalue weighted by Crippen LogP contribution is -2.39. The Morgan fingerprint density at radius 2 is 1.94 bits per heavy atom. The molecule has 3 heterocycles. The molecule has 33 heavy (non-hydrogen) atoms. The molecule has 1 aliphatic rings. The van der Waals surface area contributed by atoms with Gasteiger partial charge in [0.1, 0.15) is 5.82 Å². The number of piperidine rings is 1. The molecule has 8 nitrogen and oxygen atoms in total. The van der Waals surface area contributed by atoms with Gasteiger partial charge in [0.2, 0.25) is 0 Å². The van der Waals surface area contributed by atoms with E-state index in [0.29, 0.717) is 33.6 Å². The monoisotopic (exact) mass is 470 g/mol. The first-order valence-corrected chi connectivity index (χ1v) is 11.3. The van der Waals surface area contributed by atoms with Crippen molar-refractivity contribution in [2.45, 2.75) is 20.3 Å². The van der Waals surface area contributed by atoms with E-state index in [1.54, 1.807) is 13.1 Å². The molecule has 4 rings (SSSR count). The van der Waals surface area contributed by atoms with Gasteiger partial charge >= 0.3 is 5.97 Å². The second kappa shape index (κ2) is 9.31. The number of fused-ring (bicyclic) bond motifs is 1. The minimum Gasteiger partial charge on any atom is -0.479 e. The van der Waals surface area contributed by atoms with E-state index < -0.39 is 18.1 Å². The first-order chi connectivity index (χ1) is 15.7. The summed E-state index contributed by atoms with van der Waals surface area (Å²) in [6.45, 7) is 5.85. The van der Waals surface area contributed by atoms with Crippen LogP contribution in [0.25, 0.3) is 10.9 Å². The van der Waals surface area contributed by atoms with Crippen molar-refractivity contribution in [3.8, 4) is 5.75 Å².